The molecule has 2 unspecified atom stereocenters. The maximum Gasteiger partial charge on any atom is 0.242 e. The topological polar surface area (TPSA) is 80.4 Å². The van der Waals surface area contributed by atoms with Crippen molar-refractivity contribution in [3.63, 3.8) is 0 Å². The lowest BCUT2D eigenvalue weighted by Gasteiger charge is -2.12. The standard InChI is InChI=1S/C20H32NO4/c1-2-3-13-16-19(21(24)25)20(23)17-14-11-9-7-5-4-6-8-10-12-15-18-22/h3,5,7,11,13-14,19-20,23H,2,4,6,8-10,12,15-17H2,1H3/b7-5-,13-3-,14-11-. The Balaban J connectivity index is 3.86. The minimum atomic E-state index is -0.958. The summed E-state index contributed by atoms with van der Waals surface area (Å²) in [5.41, 5.74) is 0. The molecule has 0 saturated carbocycles. The molecule has 0 bridgehead atoms. The van der Waals surface area contributed by atoms with Crippen LogP contribution >= 0.6 is 0 Å². The summed E-state index contributed by atoms with van der Waals surface area (Å²) in [6.45, 7) is 1.97. The second kappa shape index (κ2) is 17.1. The molecule has 1 N–H and O–H groups in total. The lowest BCUT2D eigenvalue weighted by atomic mass is 10.0. The van der Waals surface area contributed by atoms with Gasteiger partial charge >= 0.3 is 0 Å². The normalized spacial score (nSPS) is 14.5. The van der Waals surface area contributed by atoms with E-state index in [2.05, 4.69) is 12.2 Å². The van der Waals surface area contributed by atoms with Crippen LogP contribution in [0, 0.1) is 10.1 Å². The predicted molar refractivity (Wildman–Crippen MR) is 102 cm³/mol. The van der Waals surface area contributed by atoms with Crippen LogP contribution in [0.25, 0.3) is 0 Å². The number of carbonyl (C=O) groups excluding carboxylic acids is 1. The number of rotatable bonds is 16. The van der Waals surface area contributed by atoms with Crippen molar-refractivity contribution in [2.45, 2.75) is 83.3 Å². The monoisotopic (exact) mass is 350 g/mol. The first-order valence-corrected chi connectivity index (χ1v) is 9.25. The summed E-state index contributed by atoms with van der Waals surface area (Å²) >= 11 is 0. The Morgan fingerprint density at radius 2 is 1.68 bits per heavy atom. The zero-order valence-electron chi connectivity index (χ0n) is 15.3. The number of hydrogen-bond donors (Lipinski definition) is 1. The minimum Gasteiger partial charge on any atom is -0.386 e. The molecule has 25 heavy (non-hydrogen) atoms. The number of aliphatic hydroxyl groups is 1. The van der Waals surface area contributed by atoms with Crippen LogP contribution in [0.15, 0.2) is 36.5 Å². The van der Waals surface area contributed by atoms with Gasteiger partial charge in [-0.15, -0.1) is 0 Å². The van der Waals surface area contributed by atoms with E-state index in [1.165, 1.54) is 0 Å². The van der Waals surface area contributed by atoms with Crippen molar-refractivity contribution in [3.8, 4) is 0 Å². The second-order valence-electron chi connectivity index (χ2n) is 6.05. The molecule has 0 heterocycles. The molecule has 1 radical (unpaired) electrons. The lowest BCUT2D eigenvalue weighted by Crippen LogP contribution is -2.32. The summed E-state index contributed by atoms with van der Waals surface area (Å²) in [5, 5.41) is 21.0. The van der Waals surface area contributed by atoms with Crippen LogP contribution in [-0.4, -0.2) is 28.5 Å². The third kappa shape index (κ3) is 14.3. The van der Waals surface area contributed by atoms with Crippen LogP contribution < -0.4 is 0 Å². The highest BCUT2D eigenvalue weighted by Gasteiger charge is 2.27. The molecule has 5 nitrogen and oxygen atoms in total. The fraction of sp³-hybridized carbons (Fsp3) is 0.650. The first-order valence-electron chi connectivity index (χ1n) is 9.25. The second-order valence-corrected chi connectivity index (χ2v) is 6.05. The summed E-state index contributed by atoms with van der Waals surface area (Å²) in [6.07, 6.45) is 20.5. The van der Waals surface area contributed by atoms with Crippen molar-refractivity contribution in [2.24, 2.45) is 0 Å². The SMILES string of the molecule is CC/C=C\CC(C(O)C/C=C\C/C=C\CCCCCC[C]=O)[N+](=O)[O-]. The van der Waals surface area contributed by atoms with E-state index in [1.54, 1.807) is 6.08 Å². The van der Waals surface area contributed by atoms with Crippen molar-refractivity contribution in [3.05, 3.63) is 46.6 Å². The molecule has 0 rings (SSSR count). The van der Waals surface area contributed by atoms with E-state index in [0.29, 0.717) is 12.8 Å². The molecule has 0 amide bonds. The van der Waals surface area contributed by atoms with E-state index >= 15 is 0 Å². The number of nitrogens with zero attached hydrogens (tertiary/aromatic N) is 1. The first-order chi connectivity index (χ1) is 12.1. The third-order valence-corrected chi connectivity index (χ3v) is 3.88. The Morgan fingerprint density at radius 3 is 2.36 bits per heavy atom. The van der Waals surface area contributed by atoms with Gasteiger partial charge < -0.3 is 5.11 Å². The zero-order chi connectivity index (χ0) is 18.8. The fourth-order valence-electron chi connectivity index (χ4n) is 2.38. The van der Waals surface area contributed by atoms with Crippen LogP contribution in [0.2, 0.25) is 0 Å². The van der Waals surface area contributed by atoms with Crippen LogP contribution in [0.3, 0.4) is 0 Å². The smallest absolute Gasteiger partial charge is 0.242 e. The van der Waals surface area contributed by atoms with E-state index in [0.717, 1.165) is 44.9 Å². The molecule has 0 aliphatic heterocycles. The van der Waals surface area contributed by atoms with Gasteiger partial charge in [0.15, 0.2) is 6.29 Å². The highest BCUT2D eigenvalue weighted by atomic mass is 16.6. The Morgan fingerprint density at radius 1 is 1.00 bits per heavy atom. The number of unbranched alkanes of at least 4 members (excludes halogenated alkanes) is 5. The molecule has 0 saturated heterocycles. The summed E-state index contributed by atoms with van der Waals surface area (Å²) < 4.78 is 0. The highest BCUT2D eigenvalue weighted by molar-refractivity contribution is 5.50. The predicted octanol–water partition coefficient (Wildman–Crippen LogP) is 4.69. The van der Waals surface area contributed by atoms with Crippen LogP contribution in [-0.2, 0) is 4.79 Å². The van der Waals surface area contributed by atoms with Gasteiger partial charge in [-0.2, -0.15) is 0 Å². The average Bonchev–Trinajstić information content (AvgIpc) is 2.59. The van der Waals surface area contributed by atoms with E-state index < -0.39 is 17.1 Å². The van der Waals surface area contributed by atoms with Gasteiger partial charge in [0, 0.05) is 17.8 Å². The van der Waals surface area contributed by atoms with Crippen molar-refractivity contribution in [1.82, 2.24) is 0 Å². The quantitative estimate of drug-likeness (QED) is 0.189. The number of allylic oxidation sites excluding steroid dienone is 4. The average molecular weight is 350 g/mol. The van der Waals surface area contributed by atoms with Gasteiger partial charge in [-0.25, -0.2) is 0 Å². The fourth-order valence-corrected chi connectivity index (χ4v) is 2.38. The molecular formula is C20H32NO4. The number of aliphatic hydroxyl groups excluding tert-OH is 1. The molecule has 0 aromatic rings. The highest BCUT2D eigenvalue weighted by Crippen LogP contribution is 2.10. The molecule has 0 fully saturated rings. The molecule has 141 valence electrons. The van der Waals surface area contributed by atoms with Crippen LogP contribution in [0.4, 0.5) is 0 Å². The van der Waals surface area contributed by atoms with Crippen molar-refractivity contribution < 1.29 is 14.8 Å². The summed E-state index contributed by atoms with van der Waals surface area (Å²) in [7, 11) is 0. The van der Waals surface area contributed by atoms with Crippen LogP contribution in [0.5, 0.6) is 0 Å². The molecule has 0 aromatic heterocycles. The van der Waals surface area contributed by atoms with Crippen LogP contribution in [0.1, 0.15) is 71.1 Å². The van der Waals surface area contributed by atoms with Gasteiger partial charge in [0.2, 0.25) is 6.04 Å². The van der Waals surface area contributed by atoms with Gasteiger partial charge in [0.25, 0.3) is 0 Å². The number of nitro groups is 1. The maximum atomic E-state index is 11.0. The van der Waals surface area contributed by atoms with Gasteiger partial charge in [-0.1, -0.05) is 56.2 Å². The first kappa shape index (κ1) is 23.2. The Kier molecular flexibility index (Phi) is 15.9. The third-order valence-electron chi connectivity index (χ3n) is 3.88. The van der Waals surface area contributed by atoms with Gasteiger partial charge in [-0.3, -0.25) is 14.9 Å². The molecule has 0 spiro atoms. The van der Waals surface area contributed by atoms with E-state index in [-0.39, 0.29) is 6.42 Å². The maximum absolute atomic E-state index is 11.0. The minimum absolute atomic E-state index is 0.265. The lowest BCUT2D eigenvalue weighted by molar-refractivity contribution is -0.533. The van der Waals surface area contributed by atoms with E-state index in [9.17, 15) is 20.0 Å². The summed E-state index contributed by atoms with van der Waals surface area (Å²) in [4.78, 5) is 20.7. The van der Waals surface area contributed by atoms with Crippen molar-refractivity contribution in [2.75, 3.05) is 0 Å². The summed E-state index contributed by atoms with van der Waals surface area (Å²) in [5.74, 6) is 0. The Bertz CT molecular complexity index is 429. The molecule has 2 atom stereocenters. The Labute approximate surface area is 151 Å². The zero-order valence-corrected chi connectivity index (χ0v) is 15.3. The van der Waals surface area contributed by atoms with Crippen molar-refractivity contribution >= 4 is 6.29 Å². The molecular weight excluding hydrogens is 318 g/mol. The molecule has 0 aliphatic rings. The molecule has 5 heteroatoms. The summed E-state index contributed by atoms with van der Waals surface area (Å²) in [6, 6.07) is -0.945. The van der Waals surface area contributed by atoms with Gasteiger partial charge in [-0.05, 0) is 38.5 Å². The van der Waals surface area contributed by atoms with Gasteiger partial charge in [0.1, 0.15) is 6.10 Å². The van der Waals surface area contributed by atoms with E-state index in [4.69, 9.17) is 0 Å². The van der Waals surface area contributed by atoms with E-state index in [1.807, 2.05) is 31.4 Å². The molecule has 0 aliphatic carbocycles. The largest absolute Gasteiger partial charge is 0.386 e. The Hall–Kier alpha value is -1.75. The van der Waals surface area contributed by atoms with Crippen molar-refractivity contribution in [1.29, 1.82) is 0 Å². The van der Waals surface area contributed by atoms with Gasteiger partial charge in [0.05, 0.1) is 0 Å². The number of hydrogen-bond acceptors (Lipinski definition) is 4. The molecule has 0 aromatic carbocycles.